The van der Waals surface area contributed by atoms with Crippen molar-refractivity contribution in [1.29, 1.82) is 0 Å². The molecule has 10 heteroatoms. The van der Waals surface area contributed by atoms with Crippen LogP contribution in [-0.2, 0) is 12.0 Å². The molecule has 202 valence electrons. The van der Waals surface area contributed by atoms with Crippen LogP contribution in [0.15, 0.2) is 42.7 Å². The molecule has 38 heavy (non-hydrogen) atoms. The molecule has 1 saturated heterocycles. The van der Waals surface area contributed by atoms with Crippen LogP contribution in [0.1, 0.15) is 42.6 Å². The Balaban J connectivity index is 1.38. The lowest BCUT2D eigenvalue weighted by Gasteiger charge is -2.45. The molecule has 1 aliphatic heterocycles. The van der Waals surface area contributed by atoms with Crippen molar-refractivity contribution >= 4 is 11.7 Å². The summed E-state index contributed by atoms with van der Waals surface area (Å²) in [5.41, 5.74) is 3.35. The van der Waals surface area contributed by atoms with Crippen molar-refractivity contribution < 1.29 is 23.0 Å². The number of carbonyl (C=O) groups excluding carboxylic acids is 1. The van der Waals surface area contributed by atoms with Gasteiger partial charge in [0.15, 0.2) is 23.1 Å². The lowest BCUT2D eigenvalue weighted by molar-refractivity contribution is 0.130. The average molecular weight is 526 g/mol. The van der Waals surface area contributed by atoms with Gasteiger partial charge in [-0.15, -0.1) is 0 Å². The number of aromatic amines is 1. The lowest BCUT2D eigenvalue weighted by atomic mass is 9.65. The van der Waals surface area contributed by atoms with Gasteiger partial charge in [0.2, 0.25) is 0 Å². The van der Waals surface area contributed by atoms with E-state index < -0.39 is 17.7 Å². The maximum absolute atomic E-state index is 13.6. The van der Waals surface area contributed by atoms with Gasteiger partial charge in [0.1, 0.15) is 0 Å². The maximum Gasteiger partial charge on any atom is 0.319 e. The van der Waals surface area contributed by atoms with E-state index in [-0.39, 0.29) is 23.2 Å². The van der Waals surface area contributed by atoms with E-state index in [1.54, 1.807) is 20.5 Å². The number of aromatic nitrogens is 2. The number of rotatable bonds is 7. The van der Waals surface area contributed by atoms with Crippen LogP contribution >= 0.6 is 0 Å². The SMILES string of the molecule is COc1ccc([C@@]23CC[C@H](NC(=O)Nc4ccc(F)c(F)c4)C[C@H]2N(Cc2nc[nH]c2C)CC3)cc1OC. The summed E-state index contributed by atoms with van der Waals surface area (Å²) >= 11 is 0. The molecule has 1 aromatic heterocycles. The molecular weight excluding hydrogens is 492 g/mol. The van der Waals surface area contributed by atoms with Gasteiger partial charge in [0.05, 0.1) is 26.2 Å². The van der Waals surface area contributed by atoms with Gasteiger partial charge >= 0.3 is 6.03 Å². The number of imidazole rings is 1. The third-order valence-corrected chi connectivity index (χ3v) is 8.13. The molecule has 3 N–H and O–H groups in total. The number of carbonyl (C=O) groups is 1. The molecular formula is C28H33F2N5O3. The zero-order valence-corrected chi connectivity index (χ0v) is 21.8. The summed E-state index contributed by atoms with van der Waals surface area (Å²) < 4.78 is 37.9. The van der Waals surface area contributed by atoms with E-state index in [9.17, 15) is 13.6 Å². The number of nitrogens with one attached hydrogen (secondary N) is 3. The number of urea groups is 1. The quantitative estimate of drug-likeness (QED) is 0.408. The summed E-state index contributed by atoms with van der Waals surface area (Å²) in [4.78, 5) is 22.9. The predicted molar refractivity (Wildman–Crippen MR) is 140 cm³/mol. The summed E-state index contributed by atoms with van der Waals surface area (Å²) in [7, 11) is 3.27. The molecule has 5 rings (SSSR count). The highest BCUT2D eigenvalue weighted by Gasteiger charge is 2.52. The van der Waals surface area contributed by atoms with Crippen LogP contribution in [0.3, 0.4) is 0 Å². The van der Waals surface area contributed by atoms with E-state index in [1.165, 1.54) is 11.6 Å². The molecule has 2 fully saturated rings. The van der Waals surface area contributed by atoms with E-state index in [4.69, 9.17) is 9.47 Å². The Morgan fingerprint density at radius 3 is 2.66 bits per heavy atom. The normalized spacial score (nSPS) is 23.1. The van der Waals surface area contributed by atoms with E-state index in [0.29, 0.717) is 18.0 Å². The molecule has 0 unspecified atom stereocenters. The molecule has 2 aromatic carbocycles. The number of H-pyrrole nitrogens is 1. The Labute approximate surface area is 220 Å². The zero-order valence-electron chi connectivity index (χ0n) is 21.8. The monoisotopic (exact) mass is 525 g/mol. The van der Waals surface area contributed by atoms with Crippen molar-refractivity contribution in [3.8, 4) is 11.5 Å². The number of fused-ring (bicyclic) bond motifs is 1. The number of methoxy groups -OCH3 is 2. The number of halogens is 2. The first-order chi connectivity index (χ1) is 18.3. The zero-order chi connectivity index (χ0) is 26.9. The van der Waals surface area contributed by atoms with E-state index in [1.807, 2.05) is 13.0 Å². The number of benzene rings is 2. The first-order valence-corrected chi connectivity index (χ1v) is 12.8. The van der Waals surface area contributed by atoms with Gasteiger partial charge < -0.3 is 25.1 Å². The molecule has 0 spiro atoms. The molecule has 1 aliphatic carbocycles. The molecule has 0 radical (unpaired) electrons. The van der Waals surface area contributed by atoms with Crippen LogP contribution in [0.4, 0.5) is 19.3 Å². The molecule has 8 nitrogen and oxygen atoms in total. The molecule has 2 heterocycles. The predicted octanol–water partition coefficient (Wildman–Crippen LogP) is 4.90. The Bertz CT molecular complexity index is 1320. The second kappa shape index (κ2) is 10.6. The van der Waals surface area contributed by atoms with Crippen molar-refractivity contribution in [2.45, 2.75) is 56.7 Å². The smallest absolute Gasteiger partial charge is 0.319 e. The summed E-state index contributed by atoms with van der Waals surface area (Å²) in [5.74, 6) is -0.569. The van der Waals surface area contributed by atoms with Crippen molar-refractivity contribution in [2.24, 2.45) is 0 Å². The summed E-state index contributed by atoms with van der Waals surface area (Å²) in [6.07, 6.45) is 5.09. The van der Waals surface area contributed by atoms with Crippen molar-refractivity contribution in [3.05, 3.63) is 71.3 Å². The third kappa shape index (κ3) is 4.92. The number of aryl methyl sites for hydroxylation is 1. The number of nitrogens with zero attached hydrogens (tertiary/aromatic N) is 2. The van der Waals surface area contributed by atoms with Gasteiger partial charge in [0.25, 0.3) is 0 Å². The minimum Gasteiger partial charge on any atom is -0.493 e. The van der Waals surface area contributed by atoms with Crippen LogP contribution in [0.5, 0.6) is 11.5 Å². The van der Waals surface area contributed by atoms with Crippen LogP contribution in [0, 0.1) is 18.6 Å². The highest BCUT2D eigenvalue weighted by Crippen LogP contribution is 2.50. The number of hydrogen-bond acceptors (Lipinski definition) is 5. The largest absolute Gasteiger partial charge is 0.493 e. The minimum atomic E-state index is -1.00. The van der Waals surface area contributed by atoms with Gasteiger partial charge in [0, 0.05) is 41.5 Å². The van der Waals surface area contributed by atoms with Gasteiger partial charge in [-0.2, -0.15) is 0 Å². The second-order valence-corrected chi connectivity index (χ2v) is 10.1. The molecule has 1 saturated carbocycles. The second-order valence-electron chi connectivity index (χ2n) is 10.1. The van der Waals surface area contributed by atoms with E-state index in [2.05, 4.69) is 37.6 Å². The number of ether oxygens (including phenoxy) is 2. The van der Waals surface area contributed by atoms with Gasteiger partial charge in [-0.3, -0.25) is 4.90 Å². The first-order valence-electron chi connectivity index (χ1n) is 12.8. The Morgan fingerprint density at radius 1 is 1.13 bits per heavy atom. The lowest BCUT2D eigenvalue weighted by Crippen LogP contribution is -2.52. The number of hydrogen-bond donors (Lipinski definition) is 3. The Morgan fingerprint density at radius 2 is 1.95 bits per heavy atom. The van der Waals surface area contributed by atoms with Crippen LogP contribution in [0.25, 0.3) is 0 Å². The minimum absolute atomic E-state index is 0.0838. The summed E-state index contributed by atoms with van der Waals surface area (Å²) in [6.45, 7) is 3.63. The molecule has 0 bridgehead atoms. The molecule has 2 aliphatic rings. The first kappa shape index (κ1) is 26.0. The summed E-state index contributed by atoms with van der Waals surface area (Å²) in [6, 6.07) is 9.11. The molecule has 2 amide bonds. The standard InChI is InChI=1S/C28H33F2N5O3/c1-17-23(32-16-31-17)15-35-11-10-28(18-4-7-24(37-2)25(12-18)38-3)9-8-20(14-26(28)35)34-27(36)33-19-5-6-21(29)22(30)13-19/h4-7,12-13,16,20,26H,8-11,14-15H2,1-3H3,(H,31,32)(H2,33,34,36)/t20-,26+,28-/m0/s1. The third-order valence-electron chi connectivity index (χ3n) is 8.13. The number of likely N-dealkylation sites (tertiary alicyclic amines) is 1. The van der Waals surface area contributed by atoms with Gasteiger partial charge in [-0.25, -0.2) is 18.6 Å². The summed E-state index contributed by atoms with van der Waals surface area (Å²) in [5, 5.41) is 5.68. The number of anilines is 1. The number of amides is 2. The Hall–Kier alpha value is -3.66. The van der Waals surface area contributed by atoms with Gasteiger partial charge in [-0.1, -0.05) is 6.07 Å². The van der Waals surface area contributed by atoms with E-state index in [0.717, 1.165) is 55.7 Å². The topological polar surface area (TPSA) is 91.5 Å². The Kier molecular flexibility index (Phi) is 7.25. The van der Waals surface area contributed by atoms with Gasteiger partial charge in [-0.05, 0) is 69.0 Å². The fourth-order valence-corrected chi connectivity index (χ4v) is 6.11. The fraction of sp³-hybridized carbons (Fsp3) is 0.429. The maximum atomic E-state index is 13.6. The van der Waals surface area contributed by atoms with E-state index >= 15 is 0 Å². The average Bonchev–Trinajstić information content (AvgIpc) is 3.49. The highest BCUT2D eigenvalue weighted by molar-refractivity contribution is 5.89. The fourth-order valence-electron chi connectivity index (χ4n) is 6.11. The van der Waals surface area contributed by atoms with Crippen molar-refractivity contribution in [1.82, 2.24) is 20.2 Å². The highest BCUT2D eigenvalue weighted by atomic mass is 19.2. The van der Waals surface area contributed by atoms with Crippen molar-refractivity contribution in [3.63, 3.8) is 0 Å². The van der Waals surface area contributed by atoms with Crippen molar-refractivity contribution in [2.75, 3.05) is 26.1 Å². The van der Waals surface area contributed by atoms with Crippen LogP contribution in [-0.4, -0.2) is 53.7 Å². The molecule has 3 aromatic rings. The molecule has 3 atom stereocenters. The van der Waals surface area contributed by atoms with Crippen LogP contribution < -0.4 is 20.1 Å². The van der Waals surface area contributed by atoms with Crippen LogP contribution in [0.2, 0.25) is 0 Å².